The van der Waals surface area contributed by atoms with Crippen molar-refractivity contribution < 1.29 is 9.59 Å². The molecule has 0 bridgehead atoms. The van der Waals surface area contributed by atoms with Gasteiger partial charge in [0.15, 0.2) is 0 Å². The number of imide groups is 1. The molecule has 2 aliphatic heterocycles. The largest absolute Gasteiger partial charge is 0.353 e. The SMILES string of the molecule is CN1c2ccccc2SC1SC1CC(=O)NC1=O. The van der Waals surface area contributed by atoms with Crippen LogP contribution in [-0.2, 0) is 9.59 Å². The second-order valence-corrected chi connectivity index (χ2v) is 6.95. The van der Waals surface area contributed by atoms with Crippen molar-refractivity contribution in [3.8, 4) is 0 Å². The summed E-state index contributed by atoms with van der Waals surface area (Å²) in [6.07, 6.45) is 0.296. The first kappa shape index (κ1) is 11.9. The fraction of sp³-hybridized carbons (Fsp3) is 0.333. The summed E-state index contributed by atoms with van der Waals surface area (Å²) in [6, 6.07) is 8.17. The van der Waals surface area contributed by atoms with E-state index in [0.29, 0.717) is 6.42 Å². The molecule has 1 aromatic carbocycles. The van der Waals surface area contributed by atoms with Gasteiger partial charge in [0.1, 0.15) is 4.71 Å². The molecule has 0 radical (unpaired) electrons. The van der Waals surface area contributed by atoms with Gasteiger partial charge in [-0.25, -0.2) is 0 Å². The number of nitrogens with zero attached hydrogens (tertiary/aromatic N) is 1. The van der Waals surface area contributed by atoms with E-state index in [1.165, 1.54) is 10.6 Å². The smallest absolute Gasteiger partial charge is 0.240 e. The van der Waals surface area contributed by atoms with Crippen molar-refractivity contribution in [2.45, 2.75) is 21.3 Å². The molecule has 0 saturated carbocycles. The molecule has 2 unspecified atom stereocenters. The summed E-state index contributed by atoms with van der Waals surface area (Å²) in [4.78, 5) is 26.1. The number of thioether (sulfide) groups is 2. The summed E-state index contributed by atoms with van der Waals surface area (Å²) in [5, 5.41) is 2.09. The summed E-state index contributed by atoms with van der Waals surface area (Å²) in [6.45, 7) is 0. The number of fused-ring (bicyclic) bond motifs is 1. The van der Waals surface area contributed by atoms with E-state index >= 15 is 0 Å². The van der Waals surface area contributed by atoms with Gasteiger partial charge in [-0.3, -0.25) is 14.9 Å². The Bertz CT molecular complexity index is 521. The summed E-state index contributed by atoms with van der Waals surface area (Å²) in [5.41, 5.74) is 1.18. The highest BCUT2D eigenvalue weighted by Gasteiger charge is 2.37. The van der Waals surface area contributed by atoms with E-state index in [1.54, 1.807) is 23.5 Å². The lowest BCUT2D eigenvalue weighted by atomic mass is 10.3. The highest BCUT2D eigenvalue weighted by molar-refractivity contribution is 8.18. The molecule has 2 amide bonds. The van der Waals surface area contributed by atoms with Crippen LogP contribution in [0.15, 0.2) is 29.2 Å². The monoisotopic (exact) mass is 280 g/mol. The second kappa shape index (κ2) is 4.51. The fourth-order valence-corrected chi connectivity index (χ4v) is 4.97. The number of benzene rings is 1. The first-order chi connectivity index (χ1) is 8.65. The van der Waals surface area contributed by atoms with E-state index in [9.17, 15) is 9.59 Å². The van der Waals surface area contributed by atoms with Gasteiger partial charge in [0, 0.05) is 18.4 Å². The van der Waals surface area contributed by atoms with Gasteiger partial charge < -0.3 is 4.90 Å². The van der Waals surface area contributed by atoms with Crippen molar-refractivity contribution in [3.63, 3.8) is 0 Å². The van der Waals surface area contributed by atoms with Gasteiger partial charge in [-0.1, -0.05) is 23.9 Å². The van der Waals surface area contributed by atoms with E-state index in [4.69, 9.17) is 0 Å². The number of hydrogen-bond acceptors (Lipinski definition) is 5. The second-order valence-electron chi connectivity index (χ2n) is 4.24. The maximum absolute atomic E-state index is 11.6. The predicted molar refractivity (Wildman–Crippen MR) is 73.6 cm³/mol. The topological polar surface area (TPSA) is 49.4 Å². The molecule has 3 rings (SSSR count). The average Bonchev–Trinajstić information content (AvgIpc) is 2.82. The molecular formula is C12H12N2O2S2. The lowest BCUT2D eigenvalue weighted by molar-refractivity contribution is -0.124. The summed E-state index contributed by atoms with van der Waals surface area (Å²) < 4.78 is 0.157. The molecule has 2 atom stereocenters. The normalized spacial score (nSPS) is 26.4. The summed E-state index contributed by atoms with van der Waals surface area (Å²) in [5.74, 6) is -0.323. The molecule has 4 nitrogen and oxygen atoms in total. The number of amides is 2. The quantitative estimate of drug-likeness (QED) is 0.835. The Morgan fingerprint density at radius 1 is 1.39 bits per heavy atom. The molecule has 2 heterocycles. The standard InChI is InChI=1S/C12H12N2O2S2/c1-14-7-4-2-3-5-8(7)17-12(14)18-9-6-10(15)13-11(9)16/h2-5,9,12H,6H2,1H3,(H,13,15,16). The average molecular weight is 280 g/mol. The van der Waals surface area contributed by atoms with Gasteiger partial charge in [-0.15, -0.1) is 11.8 Å². The van der Waals surface area contributed by atoms with Gasteiger partial charge in [0.25, 0.3) is 0 Å². The van der Waals surface area contributed by atoms with Crippen LogP contribution in [0.25, 0.3) is 0 Å². The zero-order chi connectivity index (χ0) is 12.7. The van der Waals surface area contributed by atoms with Gasteiger partial charge in [0.05, 0.1) is 10.9 Å². The van der Waals surface area contributed by atoms with Crippen LogP contribution in [0, 0.1) is 0 Å². The van der Waals surface area contributed by atoms with Crippen LogP contribution in [0.5, 0.6) is 0 Å². The molecule has 6 heteroatoms. The number of carbonyl (C=O) groups excluding carboxylic acids is 2. The molecular weight excluding hydrogens is 268 g/mol. The molecule has 0 aliphatic carbocycles. The van der Waals surface area contributed by atoms with E-state index in [1.807, 2.05) is 19.2 Å². The Balaban J connectivity index is 1.73. The van der Waals surface area contributed by atoms with Crippen LogP contribution >= 0.6 is 23.5 Å². The lowest BCUT2D eigenvalue weighted by Gasteiger charge is -2.22. The molecule has 1 N–H and O–H groups in total. The minimum absolute atomic E-state index is 0.157. The number of hydrogen-bond donors (Lipinski definition) is 1. The van der Waals surface area contributed by atoms with Gasteiger partial charge in [-0.05, 0) is 12.1 Å². The molecule has 1 saturated heterocycles. The summed E-state index contributed by atoms with van der Waals surface area (Å²) >= 11 is 3.28. The van der Waals surface area contributed by atoms with Crippen molar-refractivity contribution in [2.24, 2.45) is 0 Å². The highest BCUT2D eigenvalue weighted by Crippen LogP contribution is 2.48. The zero-order valence-electron chi connectivity index (χ0n) is 9.75. The molecule has 18 heavy (non-hydrogen) atoms. The Hall–Kier alpha value is -1.14. The van der Waals surface area contributed by atoms with Crippen molar-refractivity contribution in [1.29, 1.82) is 0 Å². The van der Waals surface area contributed by atoms with Crippen LogP contribution < -0.4 is 10.2 Å². The summed E-state index contributed by atoms with van der Waals surface area (Å²) in [7, 11) is 2.02. The molecule has 94 valence electrons. The van der Waals surface area contributed by atoms with E-state index in [-0.39, 0.29) is 21.8 Å². The number of rotatable bonds is 2. The van der Waals surface area contributed by atoms with Gasteiger partial charge in [-0.2, -0.15) is 0 Å². The van der Waals surface area contributed by atoms with E-state index < -0.39 is 0 Å². The molecule has 1 fully saturated rings. The van der Waals surface area contributed by atoms with Crippen LogP contribution in [0.4, 0.5) is 5.69 Å². The van der Waals surface area contributed by atoms with Crippen molar-refractivity contribution in [3.05, 3.63) is 24.3 Å². The first-order valence-corrected chi connectivity index (χ1v) is 7.45. The Labute approximate surface area is 113 Å². The minimum atomic E-state index is -0.258. The number of carbonyl (C=O) groups is 2. The van der Waals surface area contributed by atoms with Gasteiger partial charge >= 0.3 is 0 Å². The van der Waals surface area contributed by atoms with Crippen LogP contribution in [-0.4, -0.2) is 28.8 Å². The van der Waals surface area contributed by atoms with Crippen LogP contribution in [0.2, 0.25) is 0 Å². The number of anilines is 1. The first-order valence-electron chi connectivity index (χ1n) is 5.63. The van der Waals surface area contributed by atoms with Crippen molar-refractivity contribution in [2.75, 3.05) is 11.9 Å². The minimum Gasteiger partial charge on any atom is -0.353 e. The molecule has 1 aromatic rings. The third kappa shape index (κ3) is 1.99. The Morgan fingerprint density at radius 2 is 2.17 bits per heavy atom. The highest BCUT2D eigenvalue weighted by atomic mass is 32.2. The molecule has 2 aliphatic rings. The van der Waals surface area contributed by atoms with Crippen molar-refractivity contribution in [1.82, 2.24) is 5.32 Å². The van der Waals surface area contributed by atoms with Gasteiger partial charge in [0.2, 0.25) is 11.8 Å². The molecule has 0 aromatic heterocycles. The predicted octanol–water partition coefficient (Wildman–Crippen LogP) is 1.66. The lowest BCUT2D eigenvalue weighted by Crippen LogP contribution is -2.28. The number of para-hydroxylation sites is 1. The number of nitrogens with one attached hydrogen (secondary N) is 1. The molecule has 0 spiro atoms. The maximum Gasteiger partial charge on any atom is 0.240 e. The van der Waals surface area contributed by atoms with Crippen LogP contribution in [0.1, 0.15) is 6.42 Å². The van der Waals surface area contributed by atoms with E-state index in [2.05, 4.69) is 22.3 Å². The third-order valence-corrected chi connectivity index (χ3v) is 5.99. The van der Waals surface area contributed by atoms with Crippen LogP contribution in [0.3, 0.4) is 0 Å². The van der Waals surface area contributed by atoms with E-state index in [0.717, 1.165) is 0 Å². The van der Waals surface area contributed by atoms with Crippen molar-refractivity contribution >= 4 is 41.0 Å². The third-order valence-electron chi connectivity index (χ3n) is 3.00. The Morgan fingerprint density at radius 3 is 2.83 bits per heavy atom. The zero-order valence-corrected chi connectivity index (χ0v) is 11.4. The Kier molecular flexibility index (Phi) is 2.99. The maximum atomic E-state index is 11.6. The fourth-order valence-electron chi connectivity index (χ4n) is 2.05.